The van der Waals surface area contributed by atoms with E-state index in [1.54, 1.807) is 11.2 Å². The second-order valence-electron chi connectivity index (χ2n) is 15.5. The highest BCUT2D eigenvalue weighted by Crippen LogP contribution is 2.42. The van der Waals surface area contributed by atoms with E-state index in [4.69, 9.17) is 10.8 Å². The van der Waals surface area contributed by atoms with Crippen LogP contribution in [0.4, 0.5) is 23.2 Å². The summed E-state index contributed by atoms with van der Waals surface area (Å²) in [5.41, 5.74) is 10.2. The summed E-state index contributed by atoms with van der Waals surface area (Å²) >= 11 is 0. The predicted octanol–water partition coefficient (Wildman–Crippen LogP) is 5.72. The topological polar surface area (TPSA) is 212 Å². The van der Waals surface area contributed by atoms with Crippen LogP contribution in [-0.2, 0) is 26.7 Å². The largest absolute Gasteiger partial charge is 0.477 e. The highest BCUT2D eigenvalue weighted by molar-refractivity contribution is 5.98. The number of aryl methyl sites for hydroxylation is 1. The fourth-order valence-electron chi connectivity index (χ4n) is 7.58. The number of nitrogens with two attached hydrogens (primary N) is 1. The Hall–Kier alpha value is -5.68. The molecule has 0 bridgehead atoms. The van der Waals surface area contributed by atoms with Gasteiger partial charge in [-0.2, -0.15) is 22.7 Å². The molecule has 4 aromatic rings. The van der Waals surface area contributed by atoms with Crippen molar-refractivity contribution < 1.29 is 47.0 Å². The number of benzene rings is 3. The van der Waals surface area contributed by atoms with Gasteiger partial charge in [0.2, 0.25) is 17.6 Å². The molecule has 0 aliphatic heterocycles. The van der Waals surface area contributed by atoms with Gasteiger partial charge in [0.1, 0.15) is 6.04 Å². The number of carbonyl (C=O) groups is 4. The Morgan fingerprint density at radius 2 is 1.53 bits per heavy atom. The van der Waals surface area contributed by atoms with E-state index in [0.717, 1.165) is 47.9 Å². The lowest BCUT2D eigenvalue weighted by molar-refractivity contribution is -0.231. The van der Waals surface area contributed by atoms with Gasteiger partial charge >= 0.3 is 17.8 Å². The number of amides is 3. The molecule has 0 spiro atoms. The van der Waals surface area contributed by atoms with Crippen LogP contribution in [0.15, 0.2) is 66.7 Å². The van der Waals surface area contributed by atoms with Gasteiger partial charge in [-0.05, 0) is 129 Å². The van der Waals surface area contributed by atoms with E-state index in [9.17, 15) is 41.8 Å². The fraction of sp³-hybridized carbons (Fsp3) is 0.429. The predicted molar refractivity (Wildman–Crippen MR) is 209 cm³/mol. The molecule has 1 atom stereocenters. The molecule has 2 saturated carbocycles. The second kappa shape index (κ2) is 18.1. The lowest BCUT2D eigenvalue weighted by Gasteiger charge is -2.28. The summed E-state index contributed by atoms with van der Waals surface area (Å²) in [4.78, 5) is 54.4. The molecule has 0 saturated heterocycles. The first kappa shape index (κ1) is 42.9. The van der Waals surface area contributed by atoms with Crippen molar-refractivity contribution in [1.82, 2.24) is 25.8 Å². The zero-order chi connectivity index (χ0) is 42.5. The highest BCUT2D eigenvalue weighted by atomic mass is 19.3. The van der Waals surface area contributed by atoms with E-state index >= 15 is 0 Å². The molecule has 2 aliphatic rings. The van der Waals surface area contributed by atoms with Crippen molar-refractivity contribution in [2.45, 2.75) is 94.7 Å². The number of aliphatic hydroxyl groups is 1. The normalized spacial score (nSPS) is 20.3. The monoisotopic (exact) mass is 821 g/mol. The Bertz CT molecular complexity index is 2130. The molecule has 8 N–H and O–H groups in total. The minimum atomic E-state index is -5.44. The number of hydrogen-bond acceptors (Lipinski definition) is 8. The number of carbonyl (C=O) groups excluding carboxylic acids is 3. The van der Waals surface area contributed by atoms with Crippen molar-refractivity contribution in [2.75, 3.05) is 11.9 Å². The quantitative estimate of drug-likeness (QED) is 0.0774. The molecule has 2 fully saturated rings. The van der Waals surface area contributed by atoms with E-state index in [2.05, 4.69) is 26.0 Å². The Kier molecular flexibility index (Phi) is 13.1. The molecule has 59 heavy (non-hydrogen) atoms. The maximum atomic E-state index is 14.3. The Morgan fingerprint density at radius 3 is 2.14 bits per heavy atom. The number of anilines is 1. The van der Waals surface area contributed by atoms with Crippen LogP contribution in [0.25, 0.3) is 22.5 Å². The molecular weight excluding hydrogens is 774 g/mol. The SMILES string of the molecule is Cc1cc(C(=O)NC2CCC(O)CC2)ccc1-c1ccc(C[C@@H](NC(=O)C2CCC(CN)CC2)C(=O)Nc2ccc(-c3n[nH]c(C(F)(F)C(F)(F)C(=O)O)n3)cc2)cc1. The van der Waals surface area contributed by atoms with Crippen LogP contribution in [-0.4, -0.2) is 79.7 Å². The average molecular weight is 822 g/mol. The highest BCUT2D eigenvalue weighted by Gasteiger charge is 2.65. The number of aliphatic carboxylic acids is 1. The number of halogens is 4. The minimum absolute atomic E-state index is 0.0294. The van der Waals surface area contributed by atoms with Crippen LogP contribution in [0.3, 0.4) is 0 Å². The second-order valence-corrected chi connectivity index (χ2v) is 15.5. The van der Waals surface area contributed by atoms with E-state index in [-0.39, 0.29) is 47.5 Å². The van der Waals surface area contributed by atoms with Crippen LogP contribution in [0.5, 0.6) is 0 Å². The molecule has 6 rings (SSSR count). The minimum Gasteiger partial charge on any atom is -0.477 e. The summed E-state index contributed by atoms with van der Waals surface area (Å²) in [5, 5.41) is 32.3. The summed E-state index contributed by atoms with van der Waals surface area (Å²) in [6.45, 7) is 2.47. The molecule has 0 unspecified atom stereocenters. The average Bonchev–Trinajstić information content (AvgIpc) is 3.73. The zero-order valence-corrected chi connectivity index (χ0v) is 32.3. The number of nitrogens with zero attached hydrogens (tertiary/aromatic N) is 2. The molecule has 1 aromatic heterocycles. The maximum absolute atomic E-state index is 14.3. The van der Waals surface area contributed by atoms with Gasteiger partial charge in [0.05, 0.1) is 6.10 Å². The van der Waals surface area contributed by atoms with Gasteiger partial charge in [0, 0.05) is 35.2 Å². The molecule has 1 heterocycles. The van der Waals surface area contributed by atoms with Gasteiger partial charge in [0.15, 0.2) is 5.82 Å². The number of alkyl halides is 4. The van der Waals surface area contributed by atoms with E-state index in [1.165, 1.54) is 24.3 Å². The maximum Gasteiger partial charge on any atom is 0.411 e. The Morgan fingerprint density at radius 1 is 0.881 bits per heavy atom. The number of H-pyrrole nitrogens is 1. The third-order valence-corrected chi connectivity index (χ3v) is 11.3. The molecule has 3 amide bonds. The summed E-state index contributed by atoms with van der Waals surface area (Å²) in [5.74, 6) is -16.6. The third kappa shape index (κ3) is 9.96. The summed E-state index contributed by atoms with van der Waals surface area (Å²) in [6, 6.07) is 17.6. The summed E-state index contributed by atoms with van der Waals surface area (Å²) in [7, 11) is 0. The van der Waals surface area contributed by atoms with Crippen molar-refractivity contribution in [3.8, 4) is 22.5 Å². The van der Waals surface area contributed by atoms with Gasteiger partial charge in [0.25, 0.3) is 5.91 Å². The smallest absolute Gasteiger partial charge is 0.411 e. The van der Waals surface area contributed by atoms with Gasteiger partial charge in [-0.3, -0.25) is 19.5 Å². The molecule has 13 nitrogen and oxygen atoms in total. The van der Waals surface area contributed by atoms with Gasteiger partial charge in [-0.25, -0.2) is 9.78 Å². The number of aromatic nitrogens is 3. The van der Waals surface area contributed by atoms with Gasteiger partial charge in [-0.1, -0.05) is 30.3 Å². The number of rotatable bonds is 14. The standard InChI is InChI=1S/C42H47F4N7O6/c1-23-20-29(37(56)48-31-15-17-32(54)18-16-31)12-19-33(23)26-6-2-24(3-7-26)21-34(50-36(55)28-8-4-25(22-47)5-9-28)38(57)49-30-13-10-27(11-14-30)35-51-39(53-52-35)41(43,44)42(45,46)40(58)59/h2-3,6-7,10-14,19-20,25,28,31-32,34,54H,4-5,8-9,15-18,21-22,47H2,1H3,(H,48,56)(H,49,57)(H,50,55)(H,58,59)(H,51,52,53)/t25?,28?,31?,32?,34-/m1/s1. The lowest BCUT2D eigenvalue weighted by Crippen LogP contribution is -2.48. The Labute approximate surface area is 337 Å². The van der Waals surface area contributed by atoms with Crippen LogP contribution >= 0.6 is 0 Å². The number of carboxylic acids is 1. The number of carboxylic acid groups (broad SMARTS) is 1. The lowest BCUT2D eigenvalue weighted by atomic mass is 9.81. The first-order chi connectivity index (χ1) is 28.0. The number of aliphatic hydroxyl groups excluding tert-OH is 1. The molecule has 0 radical (unpaired) electrons. The first-order valence-corrected chi connectivity index (χ1v) is 19.6. The number of hydrogen-bond donors (Lipinski definition) is 7. The first-order valence-electron chi connectivity index (χ1n) is 19.6. The summed E-state index contributed by atoms with van der Waals surface area (Å²) in [6.07, 6.45) is 5.53. The number of aromatic amines is 1. The molecule has 17 heteroatoms. The fourth-order valence-corrected chi connectivity index (χ4v) is 7.58. The van der Waals surface area contributed by atoms with Crippen molar-refractivity contribution >= 4 is 29.4 Å². The molecule has 314 valence electrons. The van der Waals surface area contributed by atoms with E-state index in [1.807, 2.05) is 43.3 Å². The van der Waals surface area contributed by atoms with E-state index in [0.29, 0.717) is 43.7 Å². The molecular formula is C42H47F4N7O6. The van der Waals surface area contributed by atoms with Crippen molar-refractivity contribution in [1.29, 1.82) is 0 Å². The zero-order valence-electron chi connectivity index (χ0n) is 32.3. The van der Waals surface area contributed by atoms with Crippen LogP contribution in [0.2, 0.25) is 0 Å². The summed E-state index contributed by atoms with van der Waals surface area (Å²) < 4.78 is 55.9. The molecule has 3 aromatic carbocycles. The van der Waals surface area contributed by atoms with Gasteiger partial charge in [-0.15, -0.1) is 0 Å². The van der Waals surface area contributed by atoms with Crippen LogP contribution in [0.1, 0.15) is 78.7 Å². The third-order valence-electron chi connectivity index (χ3n) is 11.3. The van der Waals surface area contributed by atoms with Crippen LogP contribution < -0.4 is 21.7 Å². The van der Waals surface area contributed by atoms with E-state index < -0.39 is 41.4 Å². The number of nitrogens with one attached hydrogen (secondary N) is 4. The van der Waals surface area contributed by atoms with Crippen molar-refractivity contribution in [2.24, 2.45) is 17.6 Å². The van der Waals surface area contributed by atoms with Crippen molar-refractivity contribution in [3.05, 3.63) is 89.2 Å². The van der Waals surface area contributed by atoms with Gasteiger partial charge < -0.3 is 31.9 Å². The Balaban J connectivity index is 1.14. The molecule has 2 aliphatic carbocycles. The van der Waals surface area contributed by atoms with Crippen LogP contribution in [0, 0.1) is 18.8 Å². The van der Waals surface area contributed by atoms with Crippen molar-refractivity contribution in [3.63, 3.8) is 0 Å².